The molecule has 0 aliphatic carbocycles. The average molecular weight is 363 g/mol. The van der Waals surface area contributed by atoms with Crippen molar-refractivity contribution in [1.82, 2.24) is 25.5 Å². The van der Waals surface area contributed by atoms with E-state index in [0.717, 1.165) is 17.7 Å². The number of carbonyl (C=O) groups is 1. The minimum atomic E-state index is -0.0370. The highest BCUT2D eigenvalue weighted by molar-refractivity contribution is 7.99. The molecule has 0 aliphatic heterocycles. The maximum absolute atomic E-state index is 12.0. The van der Waals surface area contributed by atoms with Gasteiger partial charge in [-0.15, -0.1) is 5.10 Å². The summed E-state index contributed by atoms with van der Waals surface area (Å²) in [5.41, 5.74) is 3.22. The van der Waals surface area contributed by atoms with Crippen LogP contribution in [0.4, 0.5) is 0 Å². The maximum atomic E-state index is 12.0. The summed E-state index contributed by atoms with van der Waals surface area (Å²) in [6.45, 7) is 9.33. The molecule has 1 aromatic heterocycles. The summed E-state index contributed by atoms with van der Waals surface area (Å²) in [6.07, 6.45) is 1.02. The van der Waals surface area contributed by atoms with Crippen LogP contribution in [0.5, 0.6) is 0 Å². The van der Waals surface area contributed by atoms with Crippen molar-refractivity contribution in [3.8, 4) is 5.69 Å². The number of rotatable bonds is 9. The molecule has 0 radical (unpaired) electrons. The zero-order valence-corrected chi connectivity index (χ0v) is 16.0. The zero-order chi connectivity index (χ0) is 18.2. The summed E-state index contributed by atoms with van der Waals surface area (Å²) in [7, 11) is 0. The highest BCUT2D eigenvalue weighted by atomic mass is 32.2. The molecule has 0 saturated heterocycles. The van der Waals surface area contributed by atoms with Crippen LogP contribution in [0.15, 0.2) is 23.4 Å². The Hall–Kier alpha value is -1.93. The van der Waals surface area contributed by atoms with Gasteiger partial charge in [-0.25, -0.2) is 0 Å². The van der Waals surface area contributed by atoms with Crippen molar-refractivity contribution in [3.63, 3.8) is 0 Å². The summed E-state index contributed by atoms with van der Waals surface area (Å²) in [5.74, 6) is 0.237. The Bertz CT molecular complexity index is 702. The van der Waals surface area contributed by atoms with Crippen molar-refractivity contribution in [2.45, 2.75) is 45.4 Å². The van der Waals surface area contributed by atoms with E-state index in [2.05, 4.69) is 20.8 Å². The summed E-state index contributed by atoms with van der Waals surface area (Å²) >= 11 is 1.32. The largest absolute Gasteiger partial charge is 0.379 e. The quantitative estimate of drug-likeness (QED) is 0.544. The van der Waals surface area contributed by atoms with E-state index in [-0.39, 0.29) is 17.8 Å². The van der Waals surface area contributed by atoms with Crippen molar-refractivity contribution >= 4 is 17.7 Å². The molecule has 8 heteroatoms. The molecule has 2 aromatic rings. The van der Waals surface area contributed by atoms with E-state index in [0.29, 0.717) is 18.3 Å². The van der Waals surface area contributed by atoms with Crippen LogP contribution in [0.2, 0.25) is 0 Å². The van der Waals surface area contributed by atoms with Crippen LogP contribution in [0.25, 0.3) is 5.69 Å². The minimum Gasteiger partial charge on any atom is -0.379 e. The zero-order valence-electron chi connectivity index (χ0n) is 15.2. The molecule has 136 valence electrons. The van der Waals surface area contributed by atoms with Gasteiger partial charge in [0.2, 0.25) is 11.1 Å². The van der Waals surface area contributed by atoms with Gasteiger partial charge in [0, 0.05) is 13.2 Å². The van der Waals surface area contributed by atoms with E-state index < -0.39 is 0 Å². The molecule has 0 bridgehead atoms. The second-order valence-electron chi connectivity index (χ2n) is 6.00. The molecule has 7 nitrogen and oxygen atoms in total. The molecule has 2 rings (SSSR count). The Labute approximate surface area is 152 Å². The van der Waals surface area contributed by atoms with E-state index in [1.165, 1.54) is 17.3 Å². The van der Waals surface area contributed by atoms with Gasteiger partial charge in [-0.05, 0) is 61.7 Å². The number of hydrogen-bond acceptors (Lipinski definition) is 6. The molecule has 1 amide bonds. The van der Waals surface area contributed by atoms with Crippen LogP contribution in [0.1, 0.15) is 31.4 Å². The molecule has 0 aliphatic rings. The van der Waals surface area contributed by atoms with E-state index in [1.54, 1.807) is 4.68 Å². The third kappa shape index (κ3) is 5.82. The van der Waals surface area contributed by atoms with Crippen LogP contribution in [0.3, 0.4) is 0 Å². The predicted octanol–water partition coefficient (Wildman–Crippen LogP) is 2.30. The molecular weight excluding hydrogens is 338 g/mol. The van der Waals surface area contributed by atoms with Crippen molar-refractivity contribution in [2.24, 2.45) is 0 Å². The summed E-state index contributed by atoms with van der Waals surface area (Å²) in [5, 5.41) is 15.3. The van der Waals surface area contributed by atoms with Gasteiger partial charge in [0.05, 0.1) is 17.5 Å². The number of carbonyl (C=O) groups excluding carboxylic acids is 1. The van der Waals surface area contributed by atoms with Crippen molar-refractivity contribution in [1.29, 1.82) is 0 Å². The van der Waals surface area contributed by atoms with Gasteiger partial charge >= 0.3 is 0 Å². The maximum Gasteiger partial charge on any atom is 0.230 e. The number of aryl methyl sites for hydroxylation is 1. The number of ether oxygens (including phenoxy) is 1. The number of nitrogens with one attached hydrogen (secondary N) is 1. The third-order valence-electron chi connectivity index (χ3n) is 3.67. The lowest BCUT2D eigenvalue weighted by molar-refractivity contribution is -0.118. The summed E-state index contributed by atoms with van der Waals surface area (Å²) < 4.78 is 7.12. The predicted molar refractivity (Wildman–Crippen MR) is 98.1 cm³/mol. The first-order valence-corrected chi connectivity index (χ1v) is 9.33. The lowest BCUT2D eigenvalue weighted by Crippen LogP contribution is -2.27. The first kappa shape index (κ1) is 19.4. The van der Waals surface area contributed by atoms with Crippen LogP contribution in [-0.2, 0) is 9.53 Å². The standard InChI is InChI=1S/C17H25N5O2S/c1-12(2)24-10-6-9-18-16(23)11-25-17-19-20-21-22(17)15-8-5-7-13(3)14(15)4/h5,7-8,12H,6,9-11H2,1-4H3,(H,18,23). The molecule has 0 spiro atoms. The lowest BCUT2D eigenvalue weighted by Gasteiger charge is -2.10. The molecule has 0 saturated carbocycles. The summed E-state index contributed by atoms with van der Waals surface area (Å²) in [4.78, 5) is 12.0. The Balaban J connectivity index is 1.85. The van der Waals surface area contributed by atoms with Crippen LogP contribution >= 0.6 is 11.8 Å². The second kappa shape index (κ2) is 9.53. The number of tetrazole rings is 1. The second-order valence-corrected chi connectivity index (χ2v) is 6.95. The normalized spacial score (nSPS) is 11.1. The molecule has 0 unspecified atom stereocenters. The Kier molecular flexibility index (Phi) is 7.39. The molecule has 1 heterocycles. The van der Waals surface area contributed by atoms with Crippen molar-refractivity contribution < 1.29 is 9.53 Å². The monoisotopic (exact) mass is 363 g/mol. The molecule has 25 heavy (non-hydrogen) atoms. The molecule has 1 aromatic carbocycles. The number of nitrogens with zero attached hydrogens (tertiary/aromatic N) is 4. The number of thioether (sulfide) groups is 1. The number of hydrogen-bond donors (Lipinski definition) is 1. The van der Waals surface area contributed by atoms with Crippen LogP contribution in [-0.4, -0.2) is 51.1 Å². The van der Waals surface area contributed by atoms with Crippen LogP contribution in [0, 0.1) is 13.8 Å². The Morgan fingerprint density at radius 1 is 1.36 bits per heavy atom. The Morgan fingerprint density at radius 2 is 2.16 bits per heavy atom. The van der Waals surface area contributed by atoms with E-state index in [1.807, 2.05) is 45.9 Å². The lowest BCUT2D eigenvalue weighted by atomic mass is 10.1. The fourth-order valence-electron chi connectivity index (χ4n) is 2.19. The fraction of sp³-hybridized carbons (Fsp3) is 0.529. The highest BCUT2D eigenvalue weighted by Crippen LogP contribution is 2.22. The van der Waals surface area contributed by atoms with Crippen LogP contribution < -0.4 is 5.32 Å². The van der Waals surface area contributed by atoms with Gasteiger partial charge in [0.1, 0.15) is 0 Å². The van der Waals surface area contributed by atoms with Gasteiger partial charge in [-0.2, -0.15) is 4.68 Å². The SMILES string of the molecule is Cc1cccc(-n2nnnc2SCC(=O)NCCCOC(C)C)c1C. The fourth-order valence-corrected chi connectivity index (χ4v) is 2.90. The Morgan fingerprint density at radius 3 is 2.92 bits per heavy atom. The molecule has 1 N–H and O–H groups in total. The van der Waals surface area contributed by atoms with Crippen molar-refractivity contribution in [3.05, 3.63) is 29.3 Å². The van der Waals surface area contributed by atoms with E-state index in [4.69, 9.17) is 4.74 Å². The average Bonchev–Trinajstić information content (AvgIpc) is 3.03. The molecule has 0 fully saturated rings. The van der Waals surface area contributed by atoms with Gasteiger partial charge in [0.25, 0.3) is 0 Å². The van der Waals surface area contributed by atoms with Gasteiger partial charge in [0.15, 0.2) is 0 Å². The van der Waals surface area contributed by atoms with E-state index >= 15 is 0 Å². The number of benzene rings is 1. The minimum absolute atomic E-state index is 0.0370. The number of amides is 1. The van der Waals surface area contributed by atoms with Gasteiger partial charge in [-0.3, -0.25) is 4.79 Å². The first-order valence-electron chi connectivity index (χ1n) is 8.35. The van der Waals surface area contributed by atoms with Gasteiger partial charge < -0.3 is 10.1 Å². The highest BCUT2D eigenvalue weighted by Gasteiger charge is 2.13. The van der Waals surface area contributed by atoms with E-state index in [9.17, 15) is 4.79 Å². The molecule has 0 atom stereocenters. The smallest absolute Gasteiger partial charge is 0.230 e. The van der Waals surface area contributed by atoms with Gasteiger partial charge in [-0.1, -0.05) is 23.9 Å². The topological polar surface area (TPSA) is 81.9 Å². The van der Waals surface area contributed by atoms with Crippen molar-refractivity contribution in [2.75, 3.05) is 18.9 Å². The number of aromatic nitrogens is 4. The summed E-state index contributed by atoms with van der Waals surface area (Å²) in [6, 6.07) is 5.99. The third-order valence-corrected chi connectivity index (χ3v) is 4.59. The molecular formula is C17H25N5O2S. The first-order chi connectivity index (χ1) is 12.0.